The zero-order valence-corrected chi connectivity index (χ0v) is 15.9. The summed E-state index contributed by atoms with van der Waals surface area (Å²) in [4.78, 5) is 16.5. The molecule has 0 aliphatic heterocycles. The summed E-state index contributed by atoms with van der Waals surface area (Å²) < 4.78 is 15.8. The molecule has 1 amide bonds. The summed E-state index contributed by atoms with van der Waals surface area (Å²) in [7, 11) is 0. The molecule has 148 valence electrons. The van der Waals surface area contributed by atoms with E-state index in [0.29, 0.717) is 36.2 Å². The van der Waals surface area contributed by atoms with Gasteiger partial charge in [-0.05, 0) is 55.5 Å². The minimum Gasteiger partial charge on any atom is -0.494 e. The molecular weight excluding hydrogens is 372 g/mol. The molecule has 0 fully saturated rings. The fourth-order valence-electron chi connectivity index (χ4n) is 2.53. The number of benzene rings is 2. The average Bonchev–Trinajstić information content (AvgIpc) is 3.22. The van der Waals surface area contributed by atoms with E-state index in [1.807, 2.05) is 37.3 Å². The predicted molar refractivity (Wildman–Crippen MR) is 105 cm³/mol. The van der Waals surface area contributed by atoms with Gasteiger partial charge in [0.15, 0.2) is 6.61 Å². The number of aryl methyl sites for hydroxylation is 1. The number of hydrogen-bond donors (Lipinski definition) is 1. The van der Waals surface area contributed by atoms with E-state index in [1.165, 1.54) is 0 Å². The van der Waals surface area contributed by atoms with Crippen molar-refractivity contribution in [3.8, 4) is 29.0 Å². The Morgan fingerprint density at radius 2 is 1.79 bits per heavy atom. The van der Waals surface area contributed by atoms with Crippen LogP contribution in [0.3, 0.4) is 0 Å². The first-order chi connectivity index (χ1) is 14.2. The normalized spacial score (nSPS) is 10.2. The largest absolute Gasteiger partial charge is 0.494 e. The molecule has 0 saturated carbocycles. The fourth-order valence-corrected chi connectivity index (χ4v) is 2.53. The molecule has 0 unspecified atom stereocenters. The van der Waals surface area contributed by atoms with Crippen LogP contribution < -0.4 is 14.8 Å². The molecule has 0 saturated heterocycles. The average molecular weight is 392 g/mol. The maximum absolute atomic E-state index is 12.1. The minimum atomic E-state index is -0.170. The molecule has 8 nitrogen and oxygen atoms in total. The van der Waals surface area contributed by atoms with Crippen molar-refractivity contribution in [1.29, 1.82) is 5.26 Å². The van der Waals surface area contributed by atoms with Crippen LogP contribution in [-0.4, -0.2) is 29.3 Å². The molecule has 0 spiro atoms. The highest BCUT2D eigenvalue weighted by Gasteiger charge is 2.11. The zero-order chi connectivity index (χ0) is 20.5. The third-order valence-corrected chi connectivity index (χ3v) is 3.90. The van der Waals surface area contributed by atoms with Gasteiger partial charge in [-0.1, -0.05) is 5.16 Å². The number of nitrogens with zero attached hydrogens (tertiary/aromatic N) is 3. The van der Waals surface area contributed by atoms with E-state index in [4.69, 9.17) is 19.3 Å². The van der Waals surface area contributed by atoms with E-state index < -0.39 is 0 Å². The van der Waals surface area contributed by atoms with Gasteiger partial charge in [0.25, 0.3) is 0 Å². The Hall–Kier alpha value is -3.86. The molecule has 2 aromatic carbocycles. The summed E-state index contributed by atoms with van der Waals surface area (Å²) in [5, 5.41) is 15.2. The van der Waals surface area contributed by atoms with Crippen LogP contribution in [-0.2, 0) is 11.2 Å². The van der Waals surface area contributed by atoms with Gasteiger partial charge < -0.3 is 19.3 Å². The standard InChI is InChI=1S/C21H20N4O4/c1-2-27-17-7-3-15(4-8-17)21-24-20(29-25-21)12-11-19(26)23-16-5-9-18(10-6-16)28-14-13-22/h3-10H,2,11-12,14H2,1H3,(H,23,26). The molecule has 3 rings (SSSR count). The molecule has 0 bridgehead atoms. The highest BCUT2D eigenvalue weighted by atomic mass is 16.5. The molecular formula is C21H20N4O4. The van der Waals surface area contributed by atoms with Crippen molar-refractivity contribution in [1.82, 2.24) is 10.1 Å². The molecule has 1 aromatic heterocycles. The highest BCUT2D eigenvalue weighted by molar-refractivity contribution is 5.90. The third kappa shape index (κ3) is 5.81. The summed E-state index contributed by atoms with van der Waals surface area (Å²) in [5.74, 6) is 2.04. The quantitative estimate of drug-likeness (QED) is 0.592. The van der Waals surface area contributed by atoms with Crippen molar-refractivity contribution in [2.45, 2.75) is 19.8 Å². The molecule has 8 heteroatoms. The summed E-state index contributed by atoms with van der Waals surface area (Å²) in [6.07, 6.45) is 0.539. The van der Waals surface area contributed by atoms with Gasteiger partial charge in [-0.25, -0.2) is 0 Å². The summed E-state index contributed by atoms with van der Waals surface area (Å²) in [5.41, 5.74) is 1.45. The number of nitriles is 1. The van der Waals surface area contributed by atoms with Crippen molar-refractivity contribution in [2.24, 2.45) is 0 Å². The van der Waals surface area contributed by atoms with Gasteiger partial charge in [0.1, 0.15) is 17.6 Å². The van der Waals surface area contributed by atoms with Crippen LogP contribution in [0.25, 0.3) is 11.4 Å². The molecule has 3 aromatic rings. The Labute approximate surface area is 168 Å². The lowest BCUT2D eigenvalue weighted by Crippen LogP contribution is -2.12. The van der Waals surface area contributed by atoms with Gasteiger partial charge in [0.2, 0.25) is 17.6 Å². The smallest absolute Gasteiger partial charge is 0.227 e. The number of hydrogen-bond acceptors (Lipinski definition) is 7. The van der Waals surface area contributed by atoms with Gasteiger partial charge in [-0.2, -0.15) is 10.2 Å². The predicted octanol–water partition coefficient (Wildman–Crippen LogP) is 3.61. The van der Waals surface area contributed by atoms with E-state index in [0.717, 1.165) is 11.3 Å². The Bertz CT molecular complexity index is 975. The number of ether oxygens (including phenoxy) is 2. The van der Waals surface area contributed by atoms with Gasteiger partial charge in [-0.15, -0.1) is 0 Å². The Morgan fingerprint density at radius 3 is 2.48 bits per heavy atom. The lowest BCUT2D eigenvalue weighted by atomic mass is 10.2. The molecule has 0 atom stereocenters. The van der Waals surface area contributed by atoms with Crippen LogP contribution in [0.15, 0.2) is 53.1 Å². The number of carbonyl (C=O) groups excluding carboxylic acids is 1. The van der Waals surface area contributed by atoms with Gasteiger partial charge >= 0.3 is 0 Å². The fraction of sp³-hybridized carbons (Fsp3) is 0.238. The number of rotatable bonds is 9. The lowest BCUT2D eigenvalue weighted by Gasteiger charge is -2.06. The van der Waals surface area contributed by atoms with Crippen LogP contribution in [0.4, 0.5) is 5.69 Å². The van der Waals surface area contributed by atoms with Crippen molar-refractivity contribution in [3.05, 3.63) is 54.4 Å². The van der Waals surface area contributed by atoms with Gasteiger partial charge in [-0.3, -0.25) is 4.79 Å². The Balaban J connectivity index is 1.50. The maximum Gasteiger partial charge on any atom is 0.227 e. The Morgan fingerprint density at radius 1 is 1.10 bits per heavy atom. The zero-order valence-electron chi connectivity index (χ0n) is 15.9. The first-order valence-corrected chi connectivity index (χ1v) is 9.13. The topological polar surface area (TPSA) is 110 Å². The number of carbonyl (C=O) groups is 1. The van der Waals surface area contributed by atoms with Gasteiger partial charge in [0.05, 0.1) is 6.61 Å². The van der Waals surface area contributed by atoms with Gasteiger partial charge in [0, 0.05) is 24.1 Å². The summed E-state index contributed by atoms with van der Waals surface area (Å²) in [6, 6.07) is 16.1. The molecule has 29 heavy (non-hydrogen) atoms. The molecule has 0 aliphatic rings. The molecule has 0 radical (unpaired) electrons. The molecule has 1 heterocycles. The van der Waals surface area contributed by atoms with Crippen LogP contribution in [0.5, 0.6) is 11.5 Å². The van der Waals surface area contributed by atoms with E-state index in [1.54, 1.807) is 24.3 Å². The number of aromatic nitrogens is 2. The minimum absolute atomic E-state index is 0.0193. The van der Waals surface area contributed by atoms with E-state index >= 15 is 0 Å². The monoisotopic (exact) mass is 392 g/mol. The summed E-state index contributed by atoms with van der Waals surface area (Å²) >= 11 is 0. The number of nitrogens with one attached hydrogen (secondary N) is 1. The SMILES string of the molecule is CCOc1ccc(-c2noc(CCC(=O)Nc3ccc(OCC#N)cc3)n2)cc1. The van der Waals surface area contributed by atoms with Crippen molar-refractivity contribution >= 4 is 11.6 Å². The first kappa shape index (κ1) is 19.9. The van der Waals surface area contributed by atoms with Crippen molar-refractivity contribution < 1.29 is 18.8 Å². The first-order valence-electron chi connectivity index (χ1n) is 9.13. The second-order valence-corrected chi connectivity index (χ2v) is 5.99. The van der Waals surface area contributed by atoms with Crippen LogP contribution >= 0.6 is 0 Å². The second-order valence-electron chi connectivity index (χ2n) is 5.99. The molecule has 0 aliphatic carbocycles. The van der Waals surface area contributed by atoms with E-state index in [9.17, 15) is 4.79 Å². The van der Waals surface area contributed by atoms with Crippen molar-refractivity contribution in [2.75, 3.05) is 18.5 Å². The van der Waals surface area contributed by atoms with E-state index in [-0.39, 0.29) is 18.9 Å². The second kappa shape index (κ2) is 9.90. The molecule has 1 N–H and O–H groups in total. The number of anilines is 1. The summed E-state index contributed by atoms with van der Waals surface area (Å²) in [6.45, 7) is 2.51. The van der Waals surface area contributed by atoms with Crippen LogP contribution in [0.1, 0.15) is 19.2 Å². The van der Waals surface area contributed by atoms with Crippen LogP contribution in [0.2, 0.25) is 0 Å². The lowest BCUT2D eigenvalue weighted by molar-refractivity contribution is -0.116. The van der Waals surface area contributed by atoms with E-state index in [2.05, 4.69) is 15.5 Å². The highest BCUT2D eigenvalue weighted by Crippen LogP contribution is 2.20. The maximum atomic E-state index is 12.1. The van der Waals surface area contributed by atoms with Crippen LogP contribution in [0, 0.1) is 11.3 Å². The number of amides is 1. The third-order valence-electron chi connectivity index (χ3n) is 3.90. The Kier molecular flexibility index (Phi) is 6.79. The van der Waals surface area contributed by atoms with Crippen molar-refractivity contribution in [3.63, 3.8) is 0 Å².